The third-order valence-corrected chi connectivity index (χ3v) is 5.43. The van der Waals surface area contributed by atoms with E-state index in [1.54, 1.807) is 11.1 Å². The van der Waals surface area contributed by atoms with Crippen LogP contribution in [0.5, 0.6) is 0 Å². The van der Waals surface area contributed by atoms with Crippen LogP contribution in [0.2, 0.25) is 0 Å². The summed E-state index contributed by atoms with van der Waals surface area (Å²) >= 11 is 1.40. The number of hydrogen-bond donors (Lipinski definition) is 1. The third-order valence-electron chi connectivity index (χ3n) is 4.49. The van der Waals surface area contributed by atoms with Gasteiger partial charge in [-0.25, -0.2) is 4.98 Å². The van der Waals surface area contributed by atoms with Gasteiger partial charge in [-0.05, 0) is 26.3 Å². The standard InChI is InChI=1S/C17H16N6O2S/c1-9-15(10(2)25-22-9)12-5-14-13(6-19-12)20-17(26-14)21-16(24)11-3-4-23(7-11)8-18/h5-6,11H,3-4,7H2,1-2H3,(H,20,21,24). The van der Waals surface area contributed by atoms with Crippen LogP contribution < -0.4 is 5.32 Å². The van der Waals surface area contributed by atoms with Crippen molar-refractivity contribution in [2.75, 3.05) is 18.4 Å². The summed E-state index contributed by atoms with van der Waals surface area (Å²) in [5.41, 5.74) is 3.17. The molecule has 1 aliphatic rings. The maximum absolute atomic E-state index is 12.4. The Morgan fingerprint density at radius 2 is 2.35 bits per heavy atom. The van der Waals surface area contributed by atoms with Crippen LogP contribution in [0, 0.1) is 31.2 Å². The normalized spacial score (nSPS) is 16.8. The maximum Gasteiger partial charge on any atom is 0.231 e. The summed E-state index contributed by atoms with van der Waals surface area (Å²) in [6.45, 7) is 4.82. The number of nitrogens with zero attached hydrogens (tertiary/aromatic N) is 5. The van der Waals surface area contributed by atoms with E-state index in [4.69, 9.17) is 9.78 Å². The molecule has 0 aromatic carbocycles. The molecule has 8 nitrogen and oxygen atoms in total. The fraction of sp³-hybridized carbons (Fsp3) is 0.353. The Hall–Kier alpha value is -2.99. The summed E-state index contributed by atoms with van der Waals surface area (Å²) < 4.78 is 6.13. The van der Waals surface area contributed by atoms with Gasteiger partial charge >= 0.3 is 0 Å². The second-order valence-electron chi connectivity index (χ2n) is 6.28. The minimum atomic E-state index is -0.183. The number of amides is 1. The van der Waals surface area contributed by atoms with Gasteiger partial charge in [-0.15, -0.1) is 0 Å². The molecule has 4 heterocycles. The van der Waals surface area contributed by atoms with Crippen LogP contribution in [-0.4, -0.2) is 39.0 Å². The number of nitrogens with one attached hydrogen (secondary N) is 1. The lowest BCUT2D eigenvalue weighted by atomic mass is 10.1. The lowest BCUT2D eigenvalue weighted by molar-refractivity contribution is -0.119. The third kappa shape index (κ3) is 2.88. The van der Waals surface area contributed by atoms with E-state index in [-0.39, 0.29) is 11.8 Å². The van der Waals surface area contributed by atoms with Gasteiger partial charge in [0.2, 0.25) is 5.91 Å². The molecule has 0 aliphatic carbocycles. The van der Waals surface area contributed by atoms with Gasteiger partial charge in [0.1, 0.15) is 11.3 Å². The molecule has 132 valence electrons. The molecule has 0 saturated carbocycles. The second-order valence-corrected chi connectivity index (χ2v) is 7.31. The first-order chi connectivity index (χ1) is 12.5. The zero-order valence-electron chi connectivity index (χ0n) is 14.3. The highest BCUT2D eigenvalue weighted by Gasteiger charge is 2.28. The number of pyridine rings is 1. The number of thiazole rings is 1. The average Bonchev–Trinajstić information content (AvgIpc) is 3.32. The van der Waals surface area contributed by atoms with Gasteiger partial charge in [-0.2, -0.15) is 5.26 Å². The van der Waals surface area contributed by atoms with Gasteiger partial charge in [0, 0.05) is 13.1 Å². The fourth-order valence-electron chi connectivity index (χ4n) is 3.14. The number of aryl methyl sites for hydroxylation is 2. The summed E-state index contributed by atoms with van der Waals surface area (Å²) in [5.74, 6) is 0.439. The first-order valence-corrected chi connectivity index (χ1v) is 9.02. The van der Waals surface area contributed by atoms with E-state index >= 15 is 0 Å². The van der Waals surface area contributed by atoms with E-state index in [9.17, 15) is 4.79 Å². The van der Waals surface area contributed by atoms with Crippen molar-refractivity contribution in [1.29, 1.82) is 5.26 Å². The molecule has 0 spiro atoms. The Morgan fingerprint density at radius 3 is 3.04 bits per heavy atom. The number of fused-ring (bicyclic) bond motifs is 1. The summed E-state index contributed by atoms with van der Waals surface area (Å²) in [6, 6.07) is 1.93. The zero-order valence-corrected chi connectivity index (χ0v) is 15.1. The Labute approximate surface area is 153 Å². The Bertz CT molecular complexity index is 1010. The Balaban J connectivity index is 1.57. The van der Waals surface area contributed by atoms with E-state index in [1.165, 1.54) is 11.3 Å². The predicted molar refractivity (Wildman–Crippen MR) is 96.3 cm³/mol. The number of hydrogen-bond acceptors (Lipinski definition) is 8. The topological polar surface area (TPSA) is 108 Å². The van der Waals surface area contributed by atoms with E-state index in [0.717, 1.165) is 32.9 Å². The molecule has 0 radical (unpaired) electrons. The molecule has 1 aliphatic heterocycles. The van der Waals surface area contributed by atoms with Crippen molar-refractivity contribution in [2.24, 2.45) is 5.92 Å². The van der Waals surface area contributed by atoms with Gasteiger partial charge in [0.25, 0.3) is 0 Å². The minimum absolute atomic E-state index is 0.0966. The van der Waals surface area contributed by atoms with Crippen molar-refractivity contribution in [1.82, 2.24) is 20.0 Å². The molecule has 3 aromatic rings. The largest absolute Gasteiger partial charge is 0.361 e. The van der Waals surface area contributed by atoms with E-state index in [1.807, 2.05) is 19.9 Å². The molecule has 3 aromatic heterocycles. The molecule has 1 atom stereocenters. The van der Waals surface area contributed by atoms with Crippen molar-refractivity contribution >= 4 is 32.6 Å². The van der Waals surface area contributed by atoms with Crippen LogP contribution in [0.4, 0.5) is 5.13 Å². The van der Waals surface area contributed by atoms with Crippen LogP contribution >= 0.6 is 11.3 Å². The van der Waals surface area contributed by atoms with Gasteiger partial charge in [-0.3, -0.25) is 9.78 Å². The highest BCUT2D eigenvalue weighted by molar-refractivity contribution is 7.22. The highest BCUT2D eigenvalue weighted by Crippen LogP contribution is 2.32. The molecule has 0 bridgehead atoms. The van der Waals surface area contributed by atoms with Gasteiger partial charge in [0.15, 0.2) is 11.3 Å². The highest BCUT2D eigenvalue weighted by atomic mass is 32.1. The van der Waals surface area contributed by atoms with Crippen LogP contribution in [0.25, 0.3) is 21.5 Å². The van der Waals surface area contributed by atoms with Gasteiger partial charge < -0.3 is 14.7 Å². The SMILES string of the molecule is Cc1noc(C)c1-c1cc2sc(NC(=O)C3CCN(C#N)C3)nc2cn1. The number of carbonyl (C=O) groups is 1. The molecule has 4 rings (SSSR count). The predicted octanol–water partition coefficient (Wildman–Crippen LogP) is 2.70. The zero-order chi connectivity index (χ0) is 18.3. The summed E-state index contributed by atoms with van der Waals surface area (Å²) in [6.07, 6.45) is 4.45. The van der Waals surface area contributed by atoms with Crippen molar-refractivity contribution in [3.05, 3.63) is 23.7 Å². The summed E-state index contributed by atoms with van der Waals surface area (Å²) in [7, 11) is 0. The first kappa shape index (κ1) is 16.5. The first-order valence-electron chi connectivity index (χ1n) is 8.20. The number of anilines is 1. The number of carbonyl (C=O) groups excluding carboxylic acids is 1. The molecule has 1 saturated heterocycles. The van der Waals surface area contributed by atoms with E-state index in [0.29, 0.717) is 24.6 Å². The lowest BCUT2D eigenvalue weighted by Gasteiger charge is -2.08. The van der Waals surface area contributed by atoms with Crippen LogP contribution in [0.1, 0.15) is 17.9 Å². The van der Waals surface area contributed by atoms with E-state index < -0.39 is 0 Å². The average molecular weight is 368 g/mol. The van der Waals surface area contributed by atoms with Crippen molar-refractivity contribution in [3.8, 4) is 17.5 Å². The molecular weight excluding hydrogens is 352 g/mol. The number of aromatic nitrogens is 3. The van der Waals surface area contributed by atoms with Crippen molar-refractivity contribution < 1.29 is 9.32 Å². The number of rotatable bonds is 3. The molecule has 1 amide bonds. The molecule has 9 heteroatoms. The van der Waals surface area contributed by atoms with Crippen molar-refractivity contribution in [2.45, 2.75) is 20.3 Å². The quantitative estimate of drug-likeness (QED) is 0.708. The lowest BCUT2D eigenvalue weighted by Crippen LogP contribution is -2.25. The van der Waals surface area contributed by atoms with Crippen molar-refractivity contribution in [3.63, 3.8) is 0 Å². The minimum Gasteiger partial charge on any atom is -0.361 e. The molecular formula is C17H16N6O2S. The fourth-order valence-corrected chi connectivity index (χ4v) is 4.02. The molecule has 1 fully saturated rings. The monoisotopic (exact) mass is 368 g/mol. The van der Waals surface area contributed by atoms with E-state index in [2.05, 4.69) is 26.6 Å². The summed E-state index contributed by atoms with van der Waals surface area (Å²) in [4.78, 5) is 22.9. The smallest absolute Gasteiger partial charge is 0.231 e. The Morgan fingerprint density at radius 1 is 1.50 bits per heavy atom. The van der Waals surface area contributed by atoms with Gasteiger partial charge in [-0.1, -0.05) is 16.5 Å². The maximum atomic E-state index is 12.4. The number of likely N-dealkylation sites (tertiary alicyclic amines) is 1. The second kappa shape index (κ2) is 6.38. The summed E-state index contributed by atoms with van der Waals surface area (Å²) in [5, 5.41) is 16.3. The van der Waals surface area contributed by atoms with Crippen LogP contribution in [-0.2, 0) is 4.79 Å². The number of nitriles is 1. The van der Waals surface area contributed by atoms with Crippen LogP contribution in [0.15, 0.2) is 16.8 Å². The van der Waals surface area contributed by atoms with Gasteiger partial charge in [0.05, 0.1) is 33.8 Å². The Kier molecular flexibility index (Phi) is 4.05. The molecule has 1 N–H and O–H groups in total. The van der Waals surface area contributed by atoms with Crippen LogP contribution in [0.3, 0.4) is 0 Å². The molecule has 26 heavy (non-hydrogen) atoms. The molecule has 1 unspecified atom stereocenters.